The van der Waals surface area contributed by atoms with E-state index >= 15 is 0 Å². The van der Waals surface area contributed by atoms with Crippen LogP contribution in [0.5, 0.6) is 0 Å². The van der Waals surface area contributed by atoms with Gasteiger partial charge in [-0.15, -0.1) is 0 Å². The van der Waals surface area contributed by atoms with Gasteiger partial charge < -0.3 is 4.84 Å². The molecule has 4 aliphatic rings. The molecule has 0 N–H and O–H groups in total. The van der Waals surface area contributed by atoms with Crippen LogP contribution in [-0.2, 0) is 14.4 Å². The quantitative estimate of drug-likeness (QED) is 0.735. The van der Waals surface area contributed by atoms with Crippen LogP contribution in [0.3, 0.4) is 0 Å². The second-order valence-corrected chi connectivity index (χ2v) is 8.42. The number of oxime groups is 1. The second-order valence-electron chi connectivity index (χ2n) is 8.01. The summed E-state index contributed by atoms with van der Waals surface area (Å²) in [6.07, 6.45) is 0.679. The SMILES string of the molecule is O=C1[C@@H]2[C@H]3C[C@H]([C@@H]4ON=C(c5ccccc5Cl)[C@H]34)[C@@H]2C(=O)N1c1ccccc1. The standard InChI is InChI=1S/C22H17ClN2O3/c23-15-9-5-4-8-12(15)19-18-13-10-14(20(18)28-24-19)17-16(13)21(26)25(22(17)27)11-6-2-1-3-7-11/h1-9,13-14,16-18,20H,10H2/t13-,14+,16-,17+,18+,20+/m1/s1. The van der Waals surface area contributed by atoms with Crippen LogP contribution in [0.25, 0.3) is 0 Å². The van der Waals surface area contributed by atoms with Crippen molar-refractivity contribution in [2.75, 3.05) is 4.90 Å². The first kappa shape index (κ1) is 16.3. The minimum atomic E-state index is -0.306. The average Bonchev–Trinajstić information content (AvgIpc) is 3.43. The largest absolute Gasteiger partial charge is 0.391 e. The lowest BCUT2D eigenvalue weighted by atomic mass is 9.71. The molecule has 2 saturated carbocycles. The molecule has 1 saturated heterocycles. The maximum absolute atomic E-state index is 13.3. The lowest BCUT2D eigenvalue weighted by Crippen LogP contribution is -2.41. The normalized spacial score (nSPS) is 35.0. The van der Waals surface area contributed by atoms with E-state index < -0.39 is 0 Å². The summed E-state index contributed by atoms with van der Waals surface area (Å²) in [5, 5.41) is 4.97. The Labute approximate surface area is 166 Å². The molecule has 28 heavy (non-hydrogen) atoms. The third-order valence-electron chi connectivity index (χ3n) is 6.85. The number of para-hydroxylation sites is 1. The van der Waals surface area contributed by atoms with Crippen molar-refractivity contribution >= 4 is 34.8 Å². The molecular weight excluding hydrogens is 376 g/mol. The van der Waals surface area contributed by atoms with Crippen molar-refractivity contribution < 1.29 is 14.4 Å². The Balaban J connectivity index is 1.38. The van der Waals surface area contributed by atoms with Crippen LogP contribution in [0.1, 0.15) is 12.0 Å². The highest BCUT2D eigenvalue weighted by Gasteiger charge is 2.70. The lowest BCUT2D eigenvalue weighted by molar-refractivity contribution is -0.125. The van der Waals surface area contributed by atoms with E-state index in [0.717, 1.165) is 17.7 Å². The van der Waals surface area contributed by atoms with Crippen molar-refractivity contribution in [3.63, 3.8) is 0 Å². The van der Waals surface area contributed by atoms with Gasteiger partial charge >= 0.3 is 0 Å². The van der Waals surface area contributed by atoms with E-state index in [4.69, 9.17) is 16.4 Å². The molecular formula is C22H17ClN2O3. The molecule has 2 bridgehead atoms. The highest BCUT2D eigenvalue weighted by Crippen LogP contribution is 2.62. The number of amides is 2. The molecule has 0 spiro atoms. The maximum Gasteiger partial charge on any atom is 0.238 e. The fraction of sp³-hybridized carbons (Fsp3) is 0.318. The number of fused-ring (bicyclic) bond motifs is 8. The minimum Gasteiger partial charge on any atom is -0.391 e. The first-order valence-electron chi connectivity index (χ1n) is 9.58. The van der Waals surface area contributed by atoms with Gasteiger partial charge in [0.1, 0.15) is 6.10 Å². The number of benzene rings is 2. The van der Waals surface area contributed by atoms with Crippen LogP contribution in [0, 0.1) is 29.6 Å². The molecule has 2 amide bonds. The highest BCUT2D eigenvalue weighted by molar-refractivity contribution is 6.34. The van der Waals surface area contributed by atoms with Crippen LogP contribution in [0.15, 0.2) is 59.8 Å². The first-order valence-corrected chi connectivity index (χ1v) is 9.96. The summed E-state index contributed by atoms with van der Waals surface area (Å²) >= 11 is 6.40. The first-order chi connectivity index (χ1) is 13.7. The van der Waals surface area contributed by atoms with Gasteiger partial charge in [0.25, 0.3) is 0 Å². The number of hydrogen-bond donors (Lipinski definition) is 0. The van der Waals surface area contributed by atoms with Crippen molar-refractivity contribution in [3.05, 3.63) is 65.2 Å². The summed E-state index contributed by atoms with van der Waals surface area (Å²) in [4.78, 5) is 33.6. The third-order valence-corrected chi connectivity index (χ3v) is 7.18. The molecule has 6 rings (SSSR count). The number of rotatable bonds is 2. The number of nitrogens with zero attached hydrogens (tertiary/aromatic N) is 2. The van der Waals surface area contributed by atoms with Gasteiger partial charge in [0.2, 0.25) is 11.8 Å². The zero-order chi connectivity index (χ0) is 19.0. The molecule has 5 nitrogen and oxygen atoms in total. The predicted molar refractivity (Wildman–Crippen MR) is 104 cm³/mol. The summed E-state index contributed by atoms with van der Waals surface area (Å²) in [5.41, 5.74) is 2.33. The van der Waals surface area contributed by atoms with Crippen molar-refractivity contribution in [2.24, 2.45) is 34.7 Å². The van der Waals surface area contributed by atoms with E-state index in [2.05, 4.69) is 5.16 Å². The van der Waals surface area contributed by atoms with E-state index in [1.165, 1.54) is 4.90 Å². The van der Waals surface area contributed by atoms with E-state index in [1.807, 2.05) is 54.6 Å². The Bertz CT molecular complexity index is 1040. The maximum atomic E-state index is 13.3. The van der Waals surface area contributed by atoms with Gasteiger partial charge in [0.05, 0.1) is 23.2 Å². The van der Waals surface area contributed by atoms with Gasteiger partial charge in [-0.2, -0.15) is 0 Å². The number of imide groups is 1. The molecule has 2 aromatic carbocycles. The fourth-order valence-electron chi connectivity index (χ4n) is 5.85. The zero-order valence-corrected chi connectivity index (χ0v) is 15.6. The van der Waals surface area contributed by atoms with E-state index in [0.29, 0.717) is 10.7 Å². The molecule has 0 aromatic heterocycles. The van der Waals surface area contributed by atoms with Crippen molar-refractivity contribution in [1.82, 2.24) is 0 Å². The molecule has 140 valence electrons. The molecule has 0 unspecified atom stereocenters. The zero-order valence-electron chi connectivity index (χ0n) is 14.9. The number of halogens is 1. The lowest BCUT2D eigenvalue weighted by Gasteiger charge is -2.30. The summed E-state index contributed by atoms with van der Waals surface area (Å²) in [6, 6.07) is 16.8. The smallest absolute Gasteiger partial charge is 0.238 e. The Morgan fingerprint density at radius 1 is 0.893 bits per heavy atom. The number of hydrogen-bond acceptors (Lipinski definition) is 4. The van der Waals surface area contributed by atoms with Gasteiger partial charge in [-0.1, -0.05) is 53.2 Å². The van der Waals surface area contributed by atoms with Crippen LogP contribution in [-0.4, -0.2) is 23.6 Å². The number of carbonyl (C=O) groups excluding carboxylic acids is 2. The molecule has 2 aromatic rings. The van der Waals surface area contributed by atoms with Gasteiger partial charge in [0, 0.05) is 22.4 Å². The molecule has 3 fully saturated rings. The fourth-order valence-corrected chi connectivity index (χ4v) is 6.08. The highest BCUT2D eigenvalue weighted by atomic mass is 35.5. The van der Waals surface area contributed by atoms with Crippen molar-refractivity contribution in [1.29, 1.82) is 0 Å². The van der Waals surface area contributed by atoms with E-state index in [-0.39, 0.29) is 47.5 Å². The summed E-state index contributed by atoms with van der Waals surface area (Å²) in [6.45, 7) is 0. The van der Waals surface area contributed by atoms with Crippen molar-refractivity contribution in [3.8, 4) is 0 Å². The minimum absolute atomic E-state index is 0.0126. The van der Waals surface area contributed by atoms with E-state index in [9.17, 15) is 9.59 Å². The summed E-state index contributed by atoms with van der Waals surface area (Å²) in [7, 11) is 0. The van der Waals surface area contributed by atoms with Gasteiger partial charge in [-0.3, -0.25) is 14.5 Å². The molecule has 2 aliphatic carbocycles. The monoisotopic (exact) mass is 392 g/mol. The van der Waals surface area contributed by atoms with Crippen LogP contribution in [0.4, 0.5) is 5.69 Å². The Hall–Kier alpha value is -2.66. The molecule has 6 heteroatoms. The van der Waals surface area contributed by atoms with Gasteiger partial charge in [-0.05, 0) is 30.5 Å². The Morgan fingerprint density at radius 3 is 2.32 bits per heavy atom. The Morgan fingerprint density at radius 2 is 1.57 bits per heavy atom. The molecule has 2 aliphatic heterocycles. The van der Waals surface area contributed by atoms with Crippen LogP contribution in [0.2, 0.25) is 5.02 Å². The predicted octanol–water partition coefficient (Wildman–Crippen LogP) is 3.51. The summed E-state index contributed by atoms with van der Waals surface area (Å²) < 4.78 is 0. The molecule has 6 atom stereocenters. The van der Waals surface area contributed by atoms with Gasteiger partial charge in [0.15, 0.2) is 0 Å². The van der Waals surface area contributed by atoms with Gasteiger partial charge in [-0.25, -0.2) is 0 Å². The molecule has 2 heterocycles. The summed E-state index contributed by atoms with van der Waals surface area (Å²) in [5.74, 6) is -0.692. The second kappa shape index (κ2) is 5.67. The van der Waals surface area contributed by atoms with E-state index in [1.54, 1.807) is 0 Å². The molecule has 0 radical (unpaired) electrons. The van der Waals surface area contributed by atoms with Crippen LogP contribution >= 0.6 is 11.6 Å². The topological polar surface area (TPSA) is 59.0 Å². The number of anilines is 1. The number of carbonyl (C=O) groups is 2. The average molecular weight is 393 g/mol. The van der Waals surface area contributed by atoms with Crippen molar-refractivity contribution in [2.45, 2.75) is 12.5 Å². The third kappa shape index (κ3) is 1.95. The van der Waals surface area contributed by atoms with Crippen LogP contribution < -0.4 is 4.90 Å². The Kier molecular flexibility index (Phi) is 3.30.